The molecule has 0 unspecified atom stereocenters. The van der Waals surface area contributed by atoms with Crippen molar-refractivity contribution in [1.82, 2.24) is 0 Å². The third-order valence-electron chi connectivity index (χ3n) is 4.79. The highest BCUT2D eigenvalue weighted by Gasteiger charge is 2.24. The van der Waals surface area contributed by atoms with Gasteiger partial charge in [-0.05, 0) is 29.8 Å². The highest BCUT2D eigenvalue weighted by atomic mass is 35.5. The first-order valence-corrected chi connectivity index (χ1v) is 10.3. The first kappa shape index (κ1) is 21.9. The summed E-state index contributed by atoms with van der Waals surface area (Å²) in [7, 11) is 0. The molecule has 0 atom stereocenters. The molecule has 7 heteroatoms. The van der Waals surface area contributed by atoms with Gasteiger partial charge in [0.05, 0.1) is 5.56 Å². The lowest BCUT2D eigenvalue weighted by atomic mass is 9.98. The lowest BCUT2D eigenvalue weighted by Gasteiger charge is -2.05. The Kier molecular flexibility index (Phi) is 6.53. The number of furan rings is 1. The molecule has 1 amide bonds. The van der Waals surface area contributed by atoms with E-state index in [9.17, 15) is 14.9 Å². The highest BCUT2D eigenvalue weighted by molar-refractivity contribution is 6.30. The van der Waals surface area contributed by atoms with Crippen molar-refractivity contribution in [3.63, 3.8) is 0 Å². The van der Waals surface area contributed by atoms with Gasteiger partial charge in [-0.2, -0.15) is 5.26 Å². The molecule has 0 fully saturated rings. The fraction of sp³-hybridized carbons (Fsp3) is 0.0385. The number of nitrogens with zero attached hydrogens (tertiary/aromatic N) is 1. The number of nitrogens with one attached hydrogen (secondary N) is 1. The van der Waals surface area contributed by atoms with Crippen LogP contribution < -0.4 is 5.32 Å². The third-order valence-corrected chi connectivity index (χ3v) is 5.04. The van der Waals surface area contributed by atoms with Gasteiger partial charge in [0, 0.05) is 16.1 Å². The molecule has 33 heavy (non-hydrogen) atoms. The van der Waals surface area contributed by atoms with E-state index >= 15 is 0 Å². The third kappa shape index (κ3) is 4.95. The Morgan fingerprint density at radius 3 is 2.12 bits per heavy atom. The standard InChI is InChI=1S/C26H17ClN2O4/c27-20-13-11-19(12-14-20)26(31)32-16-22(30)29-25-21(15-28)23(17-7-3-1-4-8-17)24(33-25)18-9-5-2-6-10-18/h1-14H,16H2,(H,29,30). The van der Waals surface area contributed by atoms with Crippen molar-refractivity contribution in [3.05, 3.63) is 101 Å². The summed E-state index contributed by atoms with van der Waals surface area (Å²) in [5.41, 5.74) is 2.53. The molecule has 1 heterocycles. The summed E-state index contributed by atoms with van der Waals surface area (Å²) >= 11 is 5.81. The predicted molar refractivity (Wildman–Crippen MR) is 125 cm³/mol. The van der Waals surface area contributed by atoms with Crippen molar-refractivity contribution in [3.8, 4) is 28.5 Å². The number of esters is 1. The van der Waals surface area contributed by atoms with E-state index in [1.807, 2.05) is 60.7 Å². The van der Waals surface area contributed by atoms with Crippen LogP contribution in [-0.2, 0) is 9.53 Å². The van der Waals surface area contributed by atoms with Gasteiger partial charge in [-0.25, -0.2) is 4.79 Å². The number of nitriles is 1. The zero-order chi connectivity index (χ0) is 23.2. The van der Waals surface area contributed by atoms with Gasteiger partial charge < -0.3 is 9.15 Å². The van der Waals surface area contributed by atoms with Crippen LogP contribution in [0.15, 0.2) is 89.3 Å². The second-order valence-corrected chi connectivity index (χ2v) is 7.42. The Morgan fingerprint density at radius 2 is 1.52 bits per heavy atom. The molecule has 1 aromatic heterocycles. The molecule has 6 nitrogen and oxygen atoms in total. The fourth-order valence-electron chi connectivity index (χ4n) is 3.26. The number of ether oxygens (including phenoxy) is 1. The fourth-order valence-corrected chi connectivity index (χ4v) is 3.39. The lowest BCUT2D eigenvalue weighted by molar-refractivity contribution is -0.119. The first-order valence-electron chi connectivity index (χ1n) is 9.97. The maximum atomic E-state index is 12.5. The molecular formula is C26H17ClN2O4. The molecule has 1 N–H and O–H groups in total. The van der Waals surface area contributed by atoms with Crippen LogP contribution in [0.3, 0.4) is 0 Å². The van der Waals surface area contributed by atoms with Crippen molar-refractivity contribution in [2.75, 3.05) is 11.9 Å². The quantitative estimate of drug-likeness (QED) is 0.363. The average molecular weight is 457 g/mol. The molecule has 0 saturated carbocycles. The normalized spacial score (nSPS) is 10.3. The van der Waals surface area contributed by atoms with E-state index in [0.717, 1.165) is 11.1 Å². The van der Waals surface area contributed by atoms with E-state index in [2.05, 4.69) is 11.4 Å². The molecule has 0 radical (unpaired) electrons. The molecule has 3 aromatic carbocycles. The number of halogens is 1. The van der Waals surface area contributed by atoms with E-state index in [-0.39, 0.29) is 17.0 Å². The van der Waals surface area contributed by atoms with Gasteiger partial charge in [-0.3, -0.25) is 10.1 Å². The van der Waals surface area contributed by atoms with Gasteiger partial charge in [0.2, 0.25) is 5.88 Å². The van der Waals surface area contributed by atoms with E-state index in [1.165, 1.54) is 12.1 Å². The first-order chi connectivity index (χ1) is 16.1. The van der Waals surface area contributed by atoms with Crippen LogP contribution >= 0.6 is 11.6 Å². The molecule has 4 rings (SSSR count). The number of rotatable bonds is 6. The molecule has 0 aliphatic heterocycles. The van der Waals surface area contributed by atoms with Gasteiger partial charge in [-0.15, -0.1) is 0 Å². The molecule has 0 bridgehead atoms. The summed E-state index contributed by atoms with van der Waals surface area (Å²) in [6.45, 7) is -0.547. The van der Waals surface area contributed by atoms with Gasteiger partial charge in [-0.1, -0.05) is 72.3 Å². The number of benzene rings is 3. The summed E-state index contributed by atoms with van der Waals surface area (Å²) in [5.74, 6) is -0.868. The zero-order valence-corrected chi connectivity index (χ0v) is 18.0. The van der Waals surface area contributed by atoms with Crippen LogP contribution in [0.2, 0.25) is 5.02 Å². The summed E-state index contributed by atoms with van der Waals surface area (Å²) < 4.78 is 11.0. The summed E-state index contributed by atoms with van der Waals surface area (Å²) in [5, 5.41) is 12.9. The second kappa shape index (κ2) is 9.86. The summed E-state index contributed by atoms with van der Waals surface area (Å²) in [6.07, 6.45) is 0. The molecule has 0 saturated heterocycles. The monoisotopic (exact) mass is 456 g/mol. The number of anilines is 1. The Labute approximate surface area is 195 Å². The van der Waals surface area contributed by atoms with Crippen molar-refractivity contribution < 1.29 is 18.7 Å². The number of amides is 1. The van der Waals surface area contributed by atoms with Crippen LogP contribution in [0, 0.1) is 11.3 Å². The van der Waals surface area contributed by atoms with E-state index < -0.39 is 18.5 Å². The van der Waals surface area contributed by atoms with Crippen molar-refractivity contribution >= 4 is 29.4 Å². The smallest absolute Gasteiger partial charge is 0.338 e. The Balaban J connectivity index is 1.59. The largest absolute Gasteiger partial charge is 0.452 e. The van der Waals surface area contributed by atoms with Crippen LogP contribution in [0.1, 0.15) is 15.9 Å². The SMILES string of the molecule is N#Cc1c(NC(=O)COC(=O)c2ccc(Cl)cc2)oc(-c2ccccc2)c1-c1ccccc1. The van der Waals surface area contributed by atoms with Crippen LogP contribution in [0.25, 0.3) is 22.5 Å². The van der Waals surface area contributed by atoms with Crippen LogP contribution in [0.5, 0.6) is 0 Å². The minimum atomic E-state index is -0.670. The molecule has 4 aromatic rings. The Morgan fingerprint density at radius 1 is 0.909 bits per heavy atom. The Bertz CT molecular complexity index is 1320. The molecule has 0 spiro atoms. The lowest BCUT2D eigenvalue weighted by Crippen LogP contribution is -2.21. The van der Waals surface area contributed by atoms with E-state index in [1.54, 1.807) is 12.1 Å². The topological polar surface area (TPSA) is 92.3 Å². The second-order valence-electron chi connectivity index (χ2n) is 6.99. The Hall–Kier alpha value is -4.34. The highest BCUT2D eigenvalue weighted by Crippen LogP contribution is 2.41. The van der Waals surface area contributed by atoms with Gasteiger partial charge in [0.1, 0.15) is 17.4 Å². The minimum absolute atomic E-state index is 0.0113. The van der Waals surface area contributed by atoms with E-state index in [0.29, 0.717) is 16.3 Å². The average Bonchev–Trinajstić information content (AvgIpc) is 3.22. The summed E-state index contributed by atoms with van der Waals surface area (Å²) in [4.78, 5) is 24.6. The van der Waals surface area contributed by atoms with Crippen LogP contribution in [0.4, 0.5) is 5.88 Å². The minimum Gasteiger partial charge on any atom is -0.452 e. The molecule has 0 aliphatic rings. The molecular weight excluding hydrogens is 440 g/mol. The number of carbonyl (C=O) groups excluding carboxylic acids is 2. The van der Waals surface area contributed by atoms with E-state index in [4.69, 9.17) is 20.8 Å². The maximum Gasteiger partial charge on any atom is 0.338 e. The molecule has 0 aliphatic carbocycles. The van der Waals surface area contributed by atoms with Gasteiger partial charge in [0.25, 0.3) is 5.91 Å². The van der Waals surface area contributed by atoms with Crippen molar-refractivity contribution in [1.29, 1.82) is 5.26 Å². The number of hydrogen-bond acceptors (Lipinski definition) is 5. The maximum absolute atomic E-state index is 12.5. The van der Waals surface area contributed by atoms with Gasteiger partial charge in [0.15, 0.2) is 6.61 Å². The molecule has 162 valence electrons. The van der Waals surface area contributed by atoms with Crippen molar-refractivity contribution in [2.24, 2.45) is 0 Å². The number of hydrogen-bond donors (Lipinski definition) is 1. The van der Waals surface area contributed by atoms with Gasteiger partial charge >= 0.3 is 5.97 Å². The predicted octanol–water partition coefficient (Wildman–Crippen LogP) is 5.93. The zero-order valence-electron chi connectivity index (χ0n) is 17.2. The summed E-state index contributed by atoms with van der Waals surface area (Å²) in [6, 6.07) is 26.8. The number of carbonyl (C=O) groups is 2. The van der Waals surface area contributed by atoms with Crippen molar-refractivity contribution in [2.45, 2.75) is 0 Å². The van der Waals surface area contributed by atoms with Crippen LogP contribution in [-0.4, -0.2) is 18.5 Å².